The number of piperidine rings is 1. The van der Waals surface area contributed by atoms with Gasteiger partial charge in [-0.3, -0.25) is 4.79 Å². The van der Waals surface area contributed by atoms with Gasteiger partial charge in [0.25, 0.3) is 0 Å². The van der Waals surface area contributed by atoms with Gasteiger partial charge < -0.3 is 25.0 Å². The summed E-state index contributed by atoms with van der Waals surface area (Å²) in [6.45, 7) is 8.55. The van der Waals surface area contributed by atoms with E-state index in [-0.39, 0.29) is 23.0 Å². The maximum Gasteiger partial charge on any atom is 0.340 e. The lowest BCUT2D eigenvalue weighted by molar-refractivity contribution is -0.130. The minimum absolute atomic E-state index is 0.0167. The van der Waals surface area contributed by atoms with Crippen LogP contribution in [0.3, 0.4) is 0 Å². The topological polar surface area (TPSA) is 106 Å². The number of benzene rings is 1. The molecule has 0 saturated carbocycles. The highest BCUT2D eigenvalue weighted by Gasteiger charge is 2.24. The zero-order valence-corrected chi connectivity index (χ0v) is 22.2. The summed E-state index contributed by atoms with van der Waals surface area (Å²) in [4.78, 5) is 35.4. The highest BCUT2D eigenvalue weighted by Crippen LogP contribution is 2.28. The minimum atomic E-state index is -0.618. The Hall–Kier alpha value is -2.91. The van der Waals surface area contributed by atoms with Crippen LogP contribution in [0, 0.1) is 5.92 Å². The van der Waals surface area contributed by atoms with Crippen LogP contribution in [-0.2, 0) is 16.1 Å². The molecule has 1 saturated heterocycles. The number of ether oxygens (including phenoxy) is 2. The van der Waals surface area contributed by atoms with Gasteiger partial charge in [0.1, 0.15) is 5.60 Å². The lowest BCUT2D eigenvalue weighted by Crippen LogP contribution is -2.41. The second-order valence-electron chi connectivity index (χ2n) is 9.85. The van der Waals surface area contributed by atoms with Crippen molar-refractivity contribution in [2.24, 2.45) is 5.92 Å². The van der Waals surface area contributed by atoms with Gasteiger partial charge in [0.05, 0.1) is 35.6 Å². The summed E-state index contributed by atoms with van der Waals surface area (Å²) in [7, 11) is 1.55. The molecule has 36 heavy (non-hydrogen) atoms. The molecule has 1 aromatic heterocycles. The van der Waals surface area contributed by atoms with Crippen LogP contribution < -0.4 is 15.4 Å². The fraction of sp³-hybridized carbons (Fsp3) is 0.538. The van der Waals surface area contributed by atoms with Gasteiger partial charge in [-0.1, -0.05) is 17.7 Å². The number of nitrogens with one attached hydrogen (secondary N) is 2. The number of nitrogens with zero attached hydrogens (tertiary/aromatic N) is 3. The molecule has 2 N–H and O–H groups in total. The Labute approximate surface area is 217 Å². The molecule has 9 nitrogen and oxygen atoms in total. The third-order valence-corrected chi connectivity index (χ3v) is 6.33. The molecule has 0 radical (unpaired) electrons. The SMILES string of the molecule is COc1nccc(CNCCC2CCN(C(=O)CNc3cccc(C(=O)OC(C)(C)C)c3Cl)CC2)n1. The Morgan fingerprint density at radius 1 is 1.19 bits per heavy atom. The molecule has 0 aliphatic carbocycles. The van der Waals surface area contributed by atoms with E-state index in [0.717, 1.165) is 44.6 Å². The number of aromatic nitrogens is 2. The second-order valence-corrected chi connectivity index (χ2v) is 10.2. The van der Waals surface area contributed by atoms with Crippen LogP contribution in [0.4, 0.5) is 5.69 Å². The van der Waals surface area contributed by atoms with Crippen LogP contribution in [0.15, 0.2) is 30.5 Å². The zero-order chi connectivity index (χ0) is 26.1. The summed E-state index contributed by atoms with van der Waals surface area (Å²) < 4.78 is 10.5. The Morgan fingerprint density at radius 2 is 1.94 bits per heavy atom. The van der Waals surface area contributed by atoms with E-state index in [4.69, 9.17) is 21.1 Å². The normalized spacial score (nSPS) is 14.4. The number of carbonyl (C=O) groups excluding carboxylic acids is 2. The minimum Gasteiger partial charge on any atom is -0.467 e. The van der Waals surface area contributed by atoms with Crippen molar-refractivity contribution < 1.29 is 19.1 Å². The highest BCUT2D eigenvalue weighted by atomic mass is 35.5. The van der Waals surface area contributed by atoms with Crippen molar-refractivity contribution in [3.63, 3.8) is 0 Å². The highest BCUT2D eigenvalue weighted by molar-refractivity contribution is 6.36. The smallest absolute Gasteiger partial charge is 0.340 e. The number of anilines is 1. The maximum absolute atomic E-state index is 12.8. The Balaban J connectivity index is 1.39. The Bertz CT molecular complexity index is 1040. The van der Waals surface area contributed by atoms with Crippen molar-refractivity contribution in [2.45, 2.75) is 52.2 Å². The molecule has 1 amide bonds. The standard InChI is InChI=1S/C26H36ClN5O4/c1-26(2,3)36-24(34)20-6-5-7-21(23(20)27)30-17-22(33)32-14-10-18(11-15-32)8-12-28-16-19-9-13-29-25(31-19)35-4/h5-7,9,13,18,28,30H,8,10-12,14-17H2,1-4H3. The van der Waals surface area contributed by atoms with Gasteiger partial charge in [-0.15, -0.1) is 0 Å². The van der Waals surface area contributed by atoms with E-state index < -0.39 is 11.6 Å². The number of hydrogen-bond donors (Lipinski definition) is 2. The van der Waals surface area contributed by atoms with Crippen LogP contribution in [0.5, 0.6) is 6.01 Å². The third-order valence-electron chi connectivity index (χ3n) is 5.92. The zero-order valence-electron chi connectivity index (χ0n) is 21.5. The average Bonchev–Trinajstić information content (AvgIpc) is 2.85. The van der Waals surface area contributed by atoms with E-state index >= 15 is 0 Å². The van der Waals surface area contributed by atoms with Gasteiger partial charge in [-0.25, -0.2) is 9.78 Å². The van der Waals surface area contributed by atoms with E-state index in [1.165, 1.54) is 0 Å². The second kappa shape index (κ2) is 12.9. The number of likely N-dealkylation sites (tertiary alicyclic amines) is 1. The summed E-state index contributed by atoms with van der Waals surface area (Å²) in [5.41, 5.74) is 1.09. The quantitative estimate of drug-likeness (QED) is 0.361. The molecule has 3 rings (SSSR count). The van der Waals surface area contributed by atoms with Crippen molar-refractivity contribution in [3.05, 3.63) is 46.7 Å². The van der Waals surface area contributed by atoms with Crippen LogP contribution >= 0.6 is 11.6 Å². The summed E-state index contributed by atoms with van der Waals surface area (Å²) in [5.74, 6) is 0.105. The Kier molecular flexibility index (Phi) is 9.89. The first-order valence-electron chi connectivity index (χ1n) is 12.3. The number of methoxy groups -OCH3 is 1. The van der Waals surface area contributed by atoms with E-state index in [9.17, 15) is 9.59 Å². The number of rotatable bonds is 10. The van der Waals surface area contributed by atoms with Crippen LogP contribution in [0.25, 0.3) is 0 Å². The van der Waals surface area contributed by atoms with E-state index in [1.807, 2.05) is 11.0 Å². The van der Waals surface area contributed by atoms with Crippen molar-refractivity contribution in [1.82, 2.24) is 20.2 Å². The van der Waals surface area contributed by atoms with Crippen molar-refractivity contribution in [3.8, 4) is 6.01 Å². The monoisotopic (exact) mass is 517 g/mol. The fourth-order valence-electron chi connectivity index (χ4n) is 4.01. The molecular weight excluding hydrogens is 482 g/mol. The summed E-state index contributed by atoms with van der Waals surface area (Å²) >= 11 is 6.43. The molecule has 2 aromatic rings. The van der Waals surface area contributed by atoms with E-state index in [2.05, 4.69) is 20.6 Å². The van der Waals surface area contributed by atoms with Crippen molar-refractivity contribution in [2.75, 3.05) is 38.6 Å². The predicted molar refractivity (Wildman–Crippen MR) is 139 cm³/mol. The first-order chi connectivity index (χ1) is 17.2. The van der Waals surface area contributed by atoms with Crippen LogP contribution in [0.1, 0.15) is 56.1 Å². The first-order valence-corrected chi connectivity index (χ1v) is 12.6. The van der Waals surface area contributed by atoms with Crippen LogP contribution in [-0.4, -0.2) is 65.6 Å². The number of carbonyl (C=O) groups is 2. The van der Waals surface area contributed by atoms with Gasteiger partial charge in [0, 0.05) is 25.8 Å². The molecule has 1 aromatic carbocycles. The summed E-state index contributed by atoms with van der Waals surface area (Å²) in [6, 6.07) is 7.33. The summed E-state index contributed by atoms with van der Waals surface area (Å²) in [6.07, 6.45) is 4.69. The molecule has 0 spiro atoms. The van der Waals surface area contributed by atoms with Crippen LogP contribution in [0.2, 0.25) is 5.02 Å². The molecule has 10 heteroatoms. The molecule has 196 valence electrons. The molecule has 0 unspecified atom stereocenters. The molecular formula is C26H36ClN5O4. The van der Waals surface area contributed by atoms with Gasteiger partial charge >= 0.3 is 12.0 Å². The molecule has 0 atom stereocenters. The molecule has 2 heterocycles. The number of hydrogen-bond acceptors (Lipinski definition) is 8. The van der Waals surface area contributed by atoms with Crippen molar-refractivity contribution in [1.29, 1.82) is 0 Å². The van der Waals surface area contributed by atoms with Crippen molar-refractivity contribution >= 4 is 29.2 Å². The van der Waals surface area contributed by atoms with E-state index in [1.54, 1.807) is 52.3 Å². The largest absolute Gasteiger partial charge is 0.467 e. The molecule has 1 aliphatic heterocycles. The van der Waals surface area contributed by atoms with Gasteiger partial charge in [0.15, 0.2) is 0 Å². The summed E-state index contributed by atoms with van der Waals surface area (Å²) in [5, 5.41) is 6.76. The van der Waals surface area contributed by atoms with E-state index in [0.29, 0.717) is 24.2 Å². The average molecular weight is 518 g/mol. The molecule has 1 aliphatic rings. The molecule has 1 fully saturated rings. The third kappa shape index (κ3) is 8.34. The lowest BCUT2D eigenvalue weighted by atomic mass is 9.93. The van der Waals surface area contributed by atoms with Gasteiger partial charge in [-0.2, -0.15) is 4.98 Å². The number of esters is 1. The maximum atomic E-state index is 12.8. The predicted octanol–water partition coefficient (Wildman–Crippen LogP) is 3.92. The first kappa shape index (κ1) is 27.7. The fourth-order valence-corrected chi connectivity index (χ4v) is 4.28. The molecule has 0 bridgehead atoms. The Morgan fingerprint density at radius 3 is 2.64 bits per heavy atom. The van der Waals surface area contributed by atoms with Gasteiger partial charge in [-0.05, 0) is 70.7 Å². The number of amides is 1. The lowest BCUT2D eigenvalue weighted by Gasteiger charge is -2.32. The van der Waals surface area contributed by atoms with Gasteiger partial charge in [0.2, 0.25) is 5.91 Å². The number of halogens is 1.